The van der Waals surface area contributed by atoms with Gasteiger partial charge in [-0.2, -0.15) is 0 Å². The summed E-state index contributed by atoms with van der Waals surface area (Å²) < 4.78 is 0. The maximum Gasteiger partial charge on any atom is 0.231 e. The van der Waals surface area contributed by atoms with Crippen molar-refractivity contribution < 1.29 is 9.72 Å². The number of carbonyl (C=O) groups excluding carboxylic acids is 1. The number of ketones is 1. The SMILES string of the molecule is O=C(c1ccc(Cl)cc1)[C@H]1[C@H](c2ccccc2)[C@H]1[N+](=O)[O-]. The smallest absolute Gasteiger partial charge is 0.231 e. The molecule has 1 fully saturated rings. The lowest BCUT2D eigenvalue weighted by Gasteiger charge is -1.99. The predicted octanol–water partition coefficient (Wildman–Crippen LogP) is 3.58. The number of nitrogens with zero attached hydrogens (tertiary/aromatic N) is 1. The fourth-order valence-corrected chi connectivity index (χ4v) is 2.89. The van der Waals surface area contributed by atoms with Crippen LogP contribution in [0.2, 0.25) is 5.02 Å². The Hall–Kier alpha value is -2.20. The van der Waals surface area contributed by atoms with Crippen molar-refractivity contribution in [3.8, 4) is 0 Å². The minimum Gasteiger partial charge on any atom is -0.294 e. The highest BCUT2D eigenvalue weighted by molar-refractivity contribution is 6.30. The summed E-state index contributed by atoms with van der Waals surface area (Å²) in [6.45, 7) is 0. The Morgan fingerprint density at radius 2 is 1.67 bits per heavy atom. The molecule has 5 heteroatoms. The van der Waals surface area contributed by atoms with Crippen molar-refractivity contribution in [2.45, 2.75) is 12.0 Å². The van der Waals surface area contributed by atoms with Crippen LogP contribution in [0.1, 0.15) is 21.8 Å². The number of nitro groups is 1. The van der Waals surface area contributed by atoms with E-state index in [-0.39, 0.29) is 16.6 Å². The van der Waals surface area contributed by atoms with Gasteiger partial charge in [0.1, 0.15) is 5.92 Å². The maximum atomic E-state index is 12.5. The van der Waals surface area contributed by atoms with E-state index in [1.807, 2.05) is 30.3 Å². The molecule has 0 saturated heterocycles. The van der Waals surface area contributed by atoms with E-state index in [0.29, 0.717) is 10.6 Å². The van der Waals surface area contributed by atoms with Crippen molar-refractivity contribution in [1.82, 2.24) is 0 Å². The summed E-state index contributed by atoms with van der Waals surface area (Å²) in [5, 5.41) is 11.7. The van der Waals surface area contributed by atoms with Crippen LogP contribution in [0.25, 0.3) is 0 Å². The molecule has 0 amide bonds. The summed E-state index contributed by atoms with van der Waals surface area (Å²) in [6.07, 6.45) is 0. The topological polar surface area (TPSA) is 60.2 Å². The van der Waals surface area contributed by atoms with E-state index in [1.165, 1.54) is 0 Å². The zero-order valence-electron chi connectivity index (χ0n) is 11.0. The molecule has 0 bridgehead atoms. The molecule has 106 valence electrons. The molecule has 1 aliphatic carbocycles. The van der Waals surface area contributed by atoms with Crippen LogP contribution in [0.3, 0.4) is 0 Å². The van der Waals surface area contributed by atoms with Gasteiger partial charge in [0.15, 0.2) is 5.78 Å². The normalized spacial score (nSPS) is 23.6. The minimum absolute atomic E-state index is 0.192. The van der Waals surface area contributed by atoms with Gasteiger partial charge in [-0.15, -0.1) is 0 Å². The first-order valence-corrected chi connectivity index (χ1v) is 6.95. The highest BCUT2D eigenvalue weighted by atomic mass is 35.5. The number of Topliss-reactive ketones (excluding diaryl/α,β-unsaturated/α-hetero) is 1. The van der Waals surface area contributed by atoms with Crippen molar-refractivity contribution in [2.75, 3.05) is 0 Å². The monoisotopic (exact) mass is 301 g/mol. The van der Waals surface area contributed by atoms with E-state index in [0.717, 1.165) is 5.56 Å². The molecule has 0 heterocycles. The molecule has 0 N–H and O–H groups in total. The quantitative estimate of drug-likeness (QED) is 0.492. The number of halogens is 1. The lowest BCUT2D eigenvalue weighted by Crippen LogP contribution is -2.10. The number of carbonyl (C=O) groups is 1. The fourth-order valence-electron chi connectivity index (χ4n) is 2.76. The Bertz CT molecular complexity index is 684. The molecule has 21 heavy (non-hydrogen) atoms. The summed E-state index contributed by atoms with van der Waals surface area (Å²) in [5.74, 6) is -1.13. The van der Waals surface area contributed by atoms with Gasteiger partial charge in [0, 0.05) is 15.5 Å². The first kappa shape index (κ1) is 13.8. The molecular formula is C16H12ClNO3. The van der Waals surface area contributed by atoms with Gasteiger partial charge in [-0.25, -0.2) is 0 Å². The van der Waals surface area contributed by atoms with E-state index in [2.05, 4.69) is 0 Å². The fraction of sp³-hybridized carbons (Fsp3) is 0.188. The Morgan fingerprint density at radius 3 is 2.24 bits per heavy atom. The highest BCUT2D eigenvalue weighted by Gasteiger charge is 2.64. The molecule has 2 aromatic rings. The second-order valence-corrected chi connectivity index (χ2v) is 5.55. The molecule has 0 aromatic heterocycles. The second kappa shape index (κ2) is 5.30. The van der Waals surface area contributed by atoms with Crippen molar-refractivity contribution in [3.05, 3.63) is 80.9 Å². The van der Waals surface area contributed by atoms with Crippen LogP contribution < -0.4 is 0 Å². The molecule has 4 nitrogen and oxygen atoms in total. The average Bonchev–Trinajstić information content (AvgIpc) is 3.24. The molecular weight excluding hydrogens is 290 g/mol. The van der Waals surface area contributed by atoms with Crippen LogP contribution in [0.4, 0.5) is 0 Å². The van der Waals surface area contributed by atoms with Crippen LogP contribution in [0.15, 0.2) is 54.6 Å². The van der Waals surface area contributed by atoms with Gasteiger partial charge in [-0.3, -0.25) is 14.9 Å². The first-order chi connectivity index (χ1) is 10.1. The number of hydrogen-bond acceptors (Lipinski definition) is 3. The van der Waals surface area contributed by atoms with Crippen LogP contribution >= 0.6 is 11.6 Å². The van der Waals surface area contributed by atoms with Gasteiger partial charge in [0.05, 0.1) is 5.92 Å². The highest BCUT2D eigenvalue weighted by Crippen LogP contribution is 2.51. The molecule has 0 radical (unpaired) electrons. The molecule has 2 aromatic carbocycles. The van der Waals surface area contributed by atoms with Gasteiger partial charge in [0.25, 0.3) is 0 Å². The number of hydrogen-bond donors (Lipinski definition) is 0. The second-order valence-electron chi connectivity index (χ2n) is 5.11. The molecule has 0 aliphatic heterocycles. The van der Waals surface area contributed by atoms with Gasteiger partial charge in [0.2, 0.25) is 6.04 Å². The molecule has 0 unspecified atom stereocenters. The molecule has 1 saturated carbocycles. The van der Waals surface area contributed by atoms with E-state index in [1.54, 1.807) is 24.3 Å². The molecule has 0 spiro atoms. The lowest BCUT2D eigenvalue weighted by molar-refractivity contribution is -0.498. The van der Waals surface area contributed by atoms with E-state index < -0.39 is 12.0 Å². The Morgan fingerprint density at radius 1 is 1.05 bits per heavy atom. The third-order valence-electron chi connectivity index (χ3n) is 3.84. The number of rotatable bonds is 4. The van der Waals surface area contributed by atoms with Crippen LogP contribution in [-0.4, -0.2) is 16.7 Å². The van der Waals surface area contributed by atoms with E-state index in [9.17, 15) is 14.9 Å². The van der Waals surface area contributed by atoms with Gasteiger partial charge in [-0.05, 0) is 29.8 Å². The predicted molar refractivity (Wildman–Crippen MR) is 79.2 cm³/mol. The molecule has 1 aliphatic rings. The molecule has 3 atom stereocenters. The van der Waals surface area contributed by atoms with E-state index in [4.69, 9.17) is 11.6 Å². The van der Waals surface area contributed by atoms with Crippen LogP contribution in [-0.2, 0) is 0 Å². The third-order valence-corrected chi connectivity index (χ3v) is 4.09. The van der Waals surface area contributed by atoms with Crippen LogP contribution in [0, 0.1) is 16.0 Å². The zero-order chi connectivity index (χ0) is 15.0. The van der Waals surface area contributed by atoms with Crippen molar-refractivity contribution in [2.24, 2.45) is 5.92 Å². The zero-order valence-corrected chi connectivity index (χ0v) is 11.7. The lowest BCUT2D eigenvalue weighted by atomic mass is 10.0. The van der Waals surface area contributed by atoms with Gasteiger partial charge < -0.3 is 0 Å². The standard InChI is InChI=1S/C16H12ClNO3/c17-12-8-6-11(7-9-12)16(19)14-13(15(14)18(20)21)10-4-2-1-3-5-10/h1-9,13-15H/t13-,14-,15+/m0/s1. The number of benzene rings is 2. The summed E-state index contributed by atoms with van der Waals surface area (Å²) in [7, 11) is 0. The van der Waals surface area contributed by atoms with Crippen molar-refractivity contribution in [3.63, 3.8) is 0 Å². The van der Waals surface area contributed by atoms with Gasteiger partial charge in [-0.1, -0.05) is 41.9 Å². The summed E-state index contributed by atoms with van der Waals surface area (Å²) in [6, 6.07) is 14.8. The third kappa shape index (κ3) is 2.54. The summed E-state index contributed by atoms with van der Waals surface area (Å²) in [4.78, 5) is 23.3. The molecule has 3 rings (SSSR count). The van der Waals surface area contributed by atoms with Crippen LogP contribution in [0.5, 0.6) is 0 Å². The Labute approximate surface area is 126 Å². The summed E-state index contributed by atoms with van der Waals surface area (Å²) in [5.41, 5.74) is 1.31. The van der Waals surface area contributed by atoms with E-state index >= 15 is 0 Å². The summed E-state index contributed by atoms with van der Waals surface area (Å²) >= 11 is 5.80. The first-order valence-electron chi connectivity index (χ1n) is 6.58. The van der Waals surface area contributed by atoms with Crippen molar-refractivity contribution >= 4 is 17.4 Å². The largest absolute Gasteiger partial charge is 0.294 e. The van der Waals surface area contributed by atoms with Gasteiger partial charge >= 0.3 is 0 Å². The Balaban J connectivity index is 1.88. The minimum atomic E-state index is -0.837. The Kier molecular flexibility index (Phi) is 3.47. The average molecular weight is 302 g/mol. The maximum absolute atomic E-state index is 12.5. The van der Waals surface area contributed by atoms with Crippen molar-refractivity contribution in [1.29, 1.82) is 0 Å².